The number of hydrogen-bond donors (Lipinski definition) is 0. The van der Waals surface area contributed by atoms with Gasteiger partial charge in [0.2, 0.25) is 7.29 Å². The first-order chi connectivity index (χ1) is 6.37. The van der Waals surface area contributed by atoms with Gasteiger partial charge in [-0.05, 0) is 12.8 Å². The molecule has 0 aliphatic heterocycles. The maximum atomic E-state index is 12.5. The van der Waals surface area contributed by atoms with E-state index in [9.17, 15) is 4.57 Å². The van der Waals surface area contributed by atoms with E-state index in [1.807, 2.05) is 28.1 Å². The van der Waals surface area contributed by atoms with Gasteiger partial charge in [-0.1, -0.05) is 26.7 Å². The van der Waals surface area contributed by atoms with Crippen molar-refractivity contribution in [2.24, 2.45) is 0 Å². The lowest BCUT2D eigenvalue weighted by molar-refractivity contribution is -0.746. The molecule has 0 aromatic rings. The predicted molar refractivity (Wildman–Crippen MR) is 64.9 cm³/mol. The molecule has 0 amide bonds. The Morgan fingerprint density at radius 2 is 1.79 bits per heavy atom. The van der Waals surface area contributed by atoms with E-state index in [4.69, 9.17) is 0 Å². The van der Waals surface area contributed by atoms with Crippen LogP contribution in [-0.2, 0) is 4.57 Å². The van der Waals surface area contributed by atoms with Crippen molar-refractivity contribution in [3.05, 3.63) is 6.42 Å². The molecular formula is C11H26NOP+. The first-order valence-corrected chi connectivity index (χ1v) is 7.62. The smallest absolute Gasteiger partial charge is 0.247 e. The monoisotopic (exact) mass is 219 g/mol. The summed E-state index contributed by atoms with van der Waals surface area (Å²) >= 11 is 0. The summed E-state index contributed by atoms with van der Waals surface area (Å²) in [6, 6.07) is 0. The van der Waals surface area contributed by atoms with E-state index in [0.717, 1.165) is 18.7 Å². The van der Waals surface area contributed by atoms with Crippen molar-refractivity contribution in [3.63, 3.8) is 0 Å². The minimum atomic E-state index is -2.04. The highest BCUT2D eigenvalue weighted by molar-refractivity contribution is 7.58. The molecule has 0 aromatic carbocycles. The maximum Gasteiger partial charge on any atom is 0.247 e. The lowest BCUT2D eigenvalue weighted by Crippen LogP contribution is -2.32. The van der Waals surface area contributed by atoms with Gasteiger partial charge in [-0.25, -0.2) is 0 Å². The summed E-state index contributed by atoms with van der Waals surface area (Å²) in [5.41, 5.74) is 0. The average Bonchev–Trinajstić information content (AvgIpc) is 2.10. The molecule has 0 aliphatic rings. The lowest BCUT2D eigenvalue weighted by atomic mass is 10.2. The van der Waals surface area contributed by atoms with E-state index in [1.54, 1.807) is 0 Å². The number of unbranched alkanes of at least 4 members (excludes halogenated alkanes) is 3. The van der Waals surface area contributed by atoms with Crippen molar-refractivity contribution in [1.82, 2.24) is 0 Å². The van der Waals surface area contributed by atoms with Gasteiger partial charge in [0.15, 0.2) is 0 Å². The summed E-state index contributed by atoms with van der Waals surface area (Å²) in [6.45, 7) is 4.23. The molecule has 0 spiro atoms. The third kappa shape index (κ3) is 4.14. The molecule has 0 saturated heterocycles. The van der Waals surface area contributed by atoms with Gasteiger partial charge in [0.1, 0.15) is 0 Å². The summed E-state index contributed by atoms with van der Waals surface area (Å²) in [5.74, 6) is 0. The zero-order valence-electron chi connectivity index (χ0n) is 10.4. The molecule has 0 N–H and O–H groups in total. The molecule has 1 radical (unpaired) electrons. The highest BCUT2D eigenvalue weighted by atomic mass is 31.2. The molecule has 1 unspecified atom stereocenters. The second-order valence-electron chi connectivity index (χ2n) is 4.72. The van der Waals surface area contributed by atoms with E-state index in [0.29, 0.717) is 4.25 Å². The number of hydrogen-bond acceptors (Lipinski definition) is 1. The zero-order chi connectivity index (χ0) is 11.2. The topological polar surface area (TPSA) is 17.1 Å². The summed E-state index contributed by atoms with van der Waals surface area (Å²) in [6.07, 6.45) is 7.38. The summed E-state index contributed by atoms with van der Waals surface area (Å²) < 4.78 is 13.1. The van der Waals surface area contributed by atoms with Crippen LogP contribution < -0.4 is 0 Å². The second kappa shape index (κ2) is 5.92. The van der Waals surface area contributed by atoms with Crippen LogP contribution in [0.3, 0.4) is 0 Å². The second-order valence-corrected chi connectivity index (χ2v) is 8.61. The summed E-state index contributed by atoms with van der Waals surface area (Å²) in [7, 11) is 4.08. The van der Waals surface area contributed by atoms with Crippen molar-refractivity contribution in [2.75, 3.05) is 33.5 Å². The van der Waals surface area contributed by atoms with Crippen molar-refractivity contribution < 1.29 is 8.82 Å². The van der Waals surface area contributed by atoms with Gasteiger partial charge in [0.05, 0.1) is 27.3 Å². The van der Waals surface area contributed by atoms with Crippen LogP contribution >= 0.6 is 7.29 Å². The Morgan fingerprint density at radius 3 is 2.14 bits per heavy atom. The van der Waals surface area contributed by atoms with Crippen LogP contribution in [0.2, 0.25) is 0 Å². The molecule has 0 bridgehead atoms. The fourth-order valence-electron chi connectivity index (χ4n) is 1.44. The van der Waals surface area contributed by atoms with Crippen LogP contribution in [0, 0.1) is 6.42 Å². The average molecular weight is 219 g/mol. The Labute approximate surface area is 89.7 Å². The van der Waals surface area contributed by atoms with Crippen LogP contribution in [0.4, 0.5) is 0 Å². The fraction of sp³-hybridized carbons (Fsp3) is 0.909. The van der Waals surface area contributed by atoms with Crippen molar-refractivity contribution in [1.29, 1.82) is 0 Å². The Kier molecular flexibility index (Phi) is 6.00. The lowest BCUT2D eigenvalue weighted by Gasteiger charge is -2.33. The Morgan fingerprint density at radius 1 is 1.21 bits per heavy atom. The molecule has 3 heteroatoms. The highest BCUT2D eigenvalue weighted by Crippen LogP contribution is 2.52. The minimum absolute atomic E-state index is 0.617. The third-order valence-electron chi connectivity index (χ3n) is 2.76. The molecule has 0 heterocycles. The van der Waals surface area contributed by atoms with Gasteiger partial charge in [0.25, 0.3) is 0 Å². The molecule has 0 saturated carbocycles. The van der Waals surface area contributed by atoms with E-state index < -0.39 is 7.29 Å². The predicted octanol–water partition coefficient (Wildman–Crippen LogP) is 3.39. The Bertz CT molecular complexity index is 196. The van der Waals surface area contributed by atoms with Crippen molar-refractivity contribution in [2.45, 2.75) is 33.1 Å². The van der Waals surface area contributed by atoms with Crippen molar-refractivity contribution >= 4 is 7.29 Å². The molecule has 0 aliphatic carbocycles. The molecule has 85 valence electrons. The first kappa shape index (κ1) is 14.2. The van der Waals surface area contributed by atoms with Gasteiger partial charge < -0.3 is 0 Å². The Hall–Kier alpha value is 0.190. The van der Waals surface area contributed by atoms with Crippen LogP contribution in [0.25, 0.3) is 0 Å². The van der Waals surface area contributed by atoms with Gasteiger partial charge in [0, 0.05) is 6.16 Å². The highest BCUT2D eigenvalue weighted by Gasteiger charge is 2.34. The maximum absolute atomic E-state index is 12.5. The van der Waals surface area contributed by atoms with Crippen molar-refractivity contribution in [3.8, 4) is 0 Å². The molecule has 0 fully saturated rings. The van der Waals surface area contributed by atoms with E-state index in [2.05, 4.69) is 13.3 Å². The van der Waals surface area contributed by atoms with Crippen LogP contribution in [0.15, 0.2) is 0 Å². The van der Waals surface area contributed by atoms with Crippen LogP contribution in [0.1, 0.15) is 33.1 Å². The van der Waals surface area contributed by atoms with E-state index in [-0.39, 0.29) is 0 Å². The molecule has 1 atom stereocenters. The first-order valence-electron chi connectivity index (χ1n) is 5.59. The minimum Gasteiger partial charge on any atom is -0.291 e. The molecule has 14 heavy (non-hydrogen) atoms. The molecule has 0 aromatic heterocycles. The number of rotatable bonds is 7. The van der Waals surface area contributed by atoms with Crippen LogP contribution in [-0.4, -0.2) is 37.7 Å². The Balaban J connectivity index is 4.08. The van der Waals surface area contributed by atoms with E-state index >= 15 is 0 Å². The normalized spacial score (nSPS) is 16.6. The van der Waals surface area contributed by atoms with Crippen LogP contribution in [0.5, 0.6) is 0 Å². The largest absolute Gasteiger partial charge is 0.291 e. The van der Waals surface area contributed by atoms with Gasteiger partial charge in [-0.15, -0.1) is 0 Å². The molecular weight excluding hydrogens is 193 g/mol. The summed E-state index contributed by atoms with van der Waals surface area (Å²) in [5, 5.41) is 0. The standard InChI is InChI=1S/C11H26NOP/c1-6-8-9-10-11-14(13,7-2)12(3,4)5/h10H,6-9,11H2,1-5H3/q+1. The quantitative estimate of drug-likeness (QED) is 0.474. The third-order valence-corrected chi connectivity index (χ3v) is 6.77. The summed E-state index contributed by atoms with van der Waals surface area (Å²) in [4.78, 5) is 0. The molecule has 2 nitrogen and oxygen atoms in total. The number of nitrogens with zero attached hydrogens (tertiary/aromatic N) is 1. The van der Waals surface area contributed by atoms with Gasteiger partial charge in [-0.3, -0.25) is 8.82 Å². The molecule has 0 rings (SSSR count). The fourth-order valence-corrected chi connectivity index (χ4v) is 3.62. The number of quaternary nitrogens is 1. The van der Waals surface area contributed by atoms with Gasteiger partial charge >= 0.3 is 0 Å². The SMILES string of the molecule is CCCC[CH]CP(=O)(CC)[N+](C)(C)C. The zero-order valence-corrected chi connectivity index (χ0v) is 11.3. The van der Waals surface area contributed by atoms with E-state index in [1.165, 1.54) is 12.8 Å². The van der Waals surface area contributed by atoms with Gasteiger partial charge in [-0.2, -0.15) is 0 Å².